The first-order chi connectivity index (χ1) is 9.06. The Kier molecular flexibility index (Phi) is 4.16. The Morgan fingerprint density at radius 3 is 2.89 bits per heavy atom. The van der Waals surface area contributed by atoms with Crippen LogP contribution in [0.15, 0.2) is 34.9 Å². The summed E-state index contributed by atoms with van der Waals surface area (Å²) in [6, 6.07) is 6.77. The molecule has 0 spiro atoms. The molecule has 0 atom stereocenters. The molecular formula is C12H13BrN4O2. The molecule has 0 saturated heterocycles. The highest BCUT2D eigenvalue weighted by molar-refractivity contribution is 9.10. The van der Waals surface area contributed by atoms with Crippen molar-refractivity contribution in [1.29, 1.82) is 0 Å². The smallest absolute Gasteiger partial charge is 0.292 e. The van der Waals surface area contributed by atoms with Crippen LogP contribution in [-0.4, -0.2) is 21.2 Å². The second-order valence-corrected chi connectivity index (χ2v) is 4.99. The van der Waals surface area contributed by atoms with E-state index in [2.05, 4.69) is 26.3 Å². The number of anilines is 1. The van der Waals surface area contributed by atoms with Gasteiger partial charge in [0.15, 0.2) is 0 Å². The van der Waals surface area contributed by atoms with Crippen molar-refractivity contribution < 1.29 is 4.92 Å². The van der Waals surface area contributed by atoms with Gasteiger partial charge in [0.05, 0.1) is 10.6 Å². The first-order valence-corrected chi connectivity index (χ1v) is 6.52. The lowest BCUT2D eigenvalue weighted by Crippen LogP contribution is -2.07. The van der Waals surface area contributed by atoms with Crippen molar-refractivity contribution in [1.82, 2.24) is 9.78 Å². The van der Waals surface area contributed by atoms with Crippen LogP contribution in [0.2, 0.25) is 0 Å². The fourth-order valence-electron chi connectivity index (χ4n) is 1.73. The molecule has 0 aliphatic rings. The Morgan fingerprint density at radius 1 is 1.47 bits per heavy atom. The van der Waals surface area contributed by atoms with E-state index in [9.17, 15) is 10.1 Å². The predicted octanol–water partition coefficient (Wildman–Crippen LogP) is 2.75. The molecule has 100 valence electrons. The first-order valence-electron chi connectivity index (χ1n) is 5.72. The highest BCUT2D eigenvalue weighted by atomic mass is 79.9. The summed E-state index contributed by atoms with van der Waals surface area (Å²) in [4.78, 5) is 10.5. The summed E-state index contributed by atoms with van der Waals surface area (Å²) in [5, 5.41) is 18.2. The summed E-state index contributed by atoms with van der Waals surface area (Å²) in [7, 11) is 1.86. The molecule has 19 heavy (non-hydrogen) atoms. The third kappa shape index (κ3) is 3.54. The fraction of sp³-hybridized carbons (Fsp3) is 0.250. The topological polar surface area (TPSA) is 73.0 Å². The lowest BCUT2D eigenvalue weighted by Gasteiger charge is -2.06. The van der Waals surface area contributed by atoms with Gasteiger partial charge in [0, 0.05) is 36.7 Å². The number of nitrogens with zero attached hydrogens (tertiary/aromatic N) is 3. The van der Waals surface area contributed by atoms with Gasteiger partial charge in [0.2, 0.25) is 0 Å². The number of hydrogen-bond acceptors (Lipinski definition) is 4. The molecule has 0 fully saturated rings. The van der Waals surface area contributed by atoms with Crippen LogP contribution >= 0.6 is 15.9 Å². The SMILES string of the molecule is Cn1ccc(CCNc2cc(Br)ccc2[N+](=O)[O-])n1. The summed E-state index contributed by atoms with van der Waals surface area (Å²) in [6.07, 6.45) is 2.58. The van der Waals surface area contributed by atoms with E-state index in [4.69, 9.17) is 0 Å². The van der Waals surface area contributed by atoms with Crippen LogP contribution in [0, 0.1) is 10.1 Å². The molecule has 0 saturated carbocycles. The standard InChI is InChI=1S/C12H13BrN4O2/c1-16-7-5-10(15-16)4-6-14-11-8-9(13)2-3-12(11)17(18)19/h2-3,5,7-8,14H,4,6H2,1H3. The van der Waals surface area contributed by atoms with Crippen molar-refractivity contribution in [2.45, 2.75) is 6.42 Å². The number of nitro groups is 1. The van der Waals surface area contributed by atoms with Crippen LogP contribution in [0.1, 0.15) is 5.69 Å². The Hall–Kier alpha value is -1.89. The van der Waals surface area contributed by atoms with Crippen LogP contribution in [-0.2, 0) is 13.5 Å². The minimum absolute atomic E-state index is 0.0734. The number of halogens is 1. The summed E-state index contributed by atoms with van der Waals surface area (Å²) >= 11 is 3.31. The molecule has 2 rings (SSSR count). The van der Waals surface area contributed by atoms with E-state index >= 15 is 0 Å². The molecule has 0 unspecified atom stereocenters. The number of benzene rings is 1. The number of aromatic nitrogens is 2. The van der Waals surface area contributed by atoms with Crippen molar-refractivity contribution in [2.24, 2.45) is 7.05 Å². The zero-order valence-electron chi connectivity index (χ0n) is 10.3. The van der Waals surface area contributed by atoms with Crippen LogP contribution in [0.5, 0.6) is 0 Å². The highest BCUT2D eigenvalue weighted by Crippen LogP contribution is 2.27. The maximum atomic E-state index is 10.9. The quantitative estimate of drug-likeness (QED) is 0.678. The molecule has 7 heteroatoms. The van der Waals surface area contributed by atoms with Gasteiger partial charge in [-0.15, -0.1) is 0 Å². The average molecular weight is 325 g/mol. The normalized spacial score (nSPS) is 10.4. The maximum absolute atomic E-state index is 10.9. The van der Waals surface area contributed by atoms with Crippen LogP contribution in [0.4, 0.5) is 11.4 Å². The summed E-state index contributed by atoms with van der Waals surface area (Å²) < 4.78 is 2.54. The van der Waals surface area contributed by atoms with Crippen LogP contribution in [0.3, 0.4) is 0 Å². The molecule has 1 aromatic heterocycles. The largest absolute Gasteiger partial charge is 0.379 e. The second-order valence-electron chi connectivity index (χ2n) is 4.08. The van der Waals surface area contributed by atoms with E-state index in [1.165, 1.54) is 6.07 Å². The lowest BCUT2D eigenvalue weighted by atomic mass is 10.2. The third-order valence-corrected chi connectivity index (χ3v) is 3.11. The minimum Gasteiger partial charge on any atom is -0.379 e. The molecule has 1 aromatic carbocycles. The monoisotopic (exact) mass is 324 g/mol. The van der Waals surface area contributed by atoms with Gasteiger partial charge in [-0.2, -0.15) is 5.10 Å². The molecule has 2 aromatic rings. The van der Waals surface area contributed by atoms with E-state index in [1.54, 1.807) is 16.8 Å². The van der Waals surface area contributed by atoms with Gasteiger partial charge in [-0.05, 0) is 18.2 Å². The van der Waals surface area contributed by atoms with Gasteiger partial charge in [-0.1, -0.05) is 15.9 Å². The molecule has 0 aliphatic heterocycles. The van der Waals surface area contributed by atoms with E-state index in [0.29, 0.717) is 18.7 Å². The van der Waals surface area contributed by atoms with Crippen molar-refractivity contribution in [2.75, 3.05) is 11.9 Å². The second kappa shape index (κ2) is 5.83. The third-order valence-electron chi connectivity index (χ3n) is 2.62. The van der Waals surface area contributed by atoms with Crippen LogP contribution in [0.25, 0.3) is 0 Å². The summed E-state index contributed by atoms with van der Waals surface area (Å²) in [5.41, 5.74) is 1.53. The first kappa shape index (κ1) is 13.5. The summed E-state index contributed by atoms with van der Waals surface area (Å²) in [6.45, 7) is 0.592. The van der Waals surface area contributed by atoms with Gasteiger partial charge in [0.25, 0.3) is 5.69 Å². The lowest BCUT2D eigenvalue weighted by molar-refractivity contribution is -0.384. The average Bonchev–Trinajstić information content (AvgIpc) is 2.75. The summed E-state index contributed by atoms with van der Waals surface area (Å²) in [5.74, 6) is 0. The zero-order chi connectivity index (χ0) is 13.8. The molecule has 6 nitrogen and oxygen atoms in total. The van der Waals surface area contributed by atoms with E-state index < -0.39 is 4.92 Å². The Bertz CT molecular complexity index is 597. The van der Waals surface area contributed by atoms with Crippen molar-refractivity contribution in [3.8, 4) is 0 Å². The van der Waals surface area contributed by atoms with Crippen molar-refractivity contribution >= 4 is 27.3 Å². The Labute approximate surface area is 118 Å². The molecular weight excluding hydrogens is 312 g/mol. The number of hydrogen-bond donors (Lipinski definition) is 1. The molecule has 0 radical (unpaired) electrons. The molecule has 0 bridgehead atoms. The number of rotatable bonds is 5. The van der Waals surface area contributed by atoms with Gasteiger partial charge < -0.3 is 5.32 Å². The maximum Gasteiger partial charge on any atom is 0.292 e. The fourth-order valence-corrected chi connectivity index (χ4v) is 2.09. The van der Waals surface area contributed by atoms with Crippen molar-refractivity contribution in [3.05, 3.63) is 50.7 Å². The van der Waals surface area contributed by atoms with Gasteiger partial charge in [0.1, 0.15) is 5.69 Å². The predicted molar refractivity (Wildman–Crippen MR) is 76.2 cm³/mol. The minimum atomic E-state index is -0.393. The van der Waals surface area contributed by atoms with E-state index in [0.717, 1.165) is 10.2 Å². The van der Waals surface area contributed by atoms with Crippen LogP contribution < -0.4 is 5.32 Å². The van der Waals surface area contributed by atoms with E-state index in [-0.39, 0.29) is 5.69 Å². The Balaban J connectivity index is 2.02. The zero-order valence-corrected chi connectivity index (χ0v) is 11.9. The van der Waals surface area contributed by atoms with Gasteiger partial charge in [-0.25, -0.2) is 0 Å². The van der Waals surface area contributed by atoms with Gasteiger partial charge >= 0.3 is 0 Å². The number of nitro benzene ring substituents is 1. The molecule has 0 aliphatic carbocycles. The Morgan fingerprint density at radius 2 is 2.26 bits per heavy atom. The molecule has 0 amide bonds. The van der Waals surface area contributed by atoms with Crippen molar-refractivity contribution in [3.63, 3.8) is 0 Å². The highest BCUT2D eigenvalue weighted by Gasteiger charge is 2.13. The number of aryl methyl sites for hydroxylation is 1. The molecule has 1 heterocycles. The van der Waals surface area contributed by atoms with Gasteiger partial charge in [-0.3, -0.25) is 14.8 Å². The van der Waals surface area contributed by atoms with E-state index in [1.807, 2.05) is 19.3 Å². The molecule has 1 N–H and O–H groups in total. The number of nitrogens with one attached hydrogen (secondary N) is 1.